The van der Waals surface area contributed by atoms with Gasteiger partial charge in [0.2, 0.25) is 5.91 Å². The average Bonchev–Trinajstić information content (AvgIpc) is 2.86. The molecule has 0 radical (unpaired) electrons. The van der Waals surface area contributed by atoms with Gasteiger partial charge in [0.05, 0.1) is 6.54 Å². The van der Waals surface area contributed by atoms with Crippen molar-refractivity contribution in [2.24, 2.45) is 0 Å². The molecule has 7 nitrogen and oxygen atoms in total. The van der Waals surface area contributed by atoms with Crippen LogP contribution in [-0.4, -0.2) is 51.8 Å². The van der Waals surface area contributed by atoms with E-state index < -0.39 is 42.8 Å². The molecular formula is C14H14ClFN2O5. The number of carbonyl (C=O) groups is 3. The molecule has 1 unspecified atom stereocenters. The van der Waals surface area contributed by atoms with E-state index in [1.54, 1.807) is 6.07 Å². The number of carboxylic acids is 1. The van der Waals surface area contributed by atoms with Crippen molar-refractivity contribution in [3.8, 4) is 0 Å². The fraction of sp³-hybridized carbons (Fsp3) is 0.357. The van der Waals surface area contributed by atoms with Gasteiger partial charge < -0.3 is 15.5 Å². The molecule has 0 bridgehead atoms. The lowest BCUT2D eigenvalue weighted by Gasteiger charge is -2.23. The van der Waals surface area contributed by atoms with E-state index in [1.807, 2.05) is 0 Å². The summed E-state index contributed by atoms with van der Waals surface area (Å²) in [6.07, 6.45) is -3.20. The van der Waals surface area contributed by atoms with Gasteiger partial charge in [-0.2, -0.15) is 0 Å². The van der Waals surface area contributed by atoms with Crippen molar-refractivity contribution in [1.82, 2.24) is 10.2 Å². The summed E-state index contributed by atoms with van der Waals surface area (Å²) in [4.78, 5) is 35.3. The summed E-state index contributed by atoms with van der Waals surface area (Å²) in [6, 6.07) is 3.24. The van der Waals surface area contributed by atoms with Crippen LogP contribution in [0, 0.1) is 0 Å². The molecule has 9 heteroatoms. The number of benzene rings is 1. The number of likely N-dealkylation sites (tertiary alicyclic amines) is 1. The first kappa shape index (κ1) is 17.0. The molecule has 0 saturated carbocycles. The van der Waals surface area contributed by atoms with Gasteiger partial charge >= 0.3 is 12.1 Å². The number of nitrogens with zero attached hydrogens (tertiary/aromatic N) is 1. The number of nitrogens with one attached hydrogen (secondary N) is 1. The van der Waals surface area contributed by atoms with Gasteiger partial charge in [0, 0.05) is 11.4 Å². The van der Waals surface area contributed by atoms with E-state index in [0.29, 0.717) is 9.92 Å². The van der Waals surface area contributed by atoms with Crippen molar-refractivity contribution in [2.75, 3.05) is 6.54 Å². The second kappa shape index (κ2) is 6.82. The Balaban J connectivity index is 2.18. The minimum atomic E-state index is -1.46. The van der Waals surface area contributed by atoms with Crippen LogP contribution in [0.5, 0.6) is 0 Å². The Morgan fingerprint density at radius 2 is 2.04 bits per heavy atom. The van der Waals surface area contributed by atoms with Crippen molar-refractivity contribution in [3.05, 3.63) is 34.9 Å². The zero-order valence-corrected chi connectivity index (χ0v) is 12.5. The summed E-state index contributed by atoms with van der Waals surface area (Å²) in [5, 5.41) is 20.8. The van der Waals surface area contributed by atoms with Gasteiger partial charge in [-0.05, 0) is 17.7 Å². The summed E-state index contributed by atoms with van der Waals surface area (Å²) < 4.78 is 13.4. The fourth-order valence-corrected chi connectivity index (χ4v) is 2.66. The molecule has 3 atom stereocenters. The number of rotatable bonds is 4. The molecule has 23 heavy (non-hydrogen) atoms. The fourth-order valence-electron chi connectivity index (χ4n) is 2.46. The van der Waals surface area contributed by atoms with Gasteiger partial charge in [0.1, 0.15) is 12.2 Å². The van der Waals surface area contributed by atoms with E-state index in [2.05, 4.69) is 5.32 Å². The molecule has 0 aliphatic carbocycles. The van der Waals surface area contributed by atoms with E-state index in [0.717, 1.165) is 0 Å². The molecule has 124 valence electrons. The summed E-state index contributed by atoms with van der Waals surface area (Å²) in [6.45, 7) is -0.414. The van der Waals surface area contributed by atoms with Crippen LogP contribution in [0.15, 0.2) is 24.3 Å². The Morgan fingerprint density at radius 3 is 2.61 bits per heavy atom. The number of amides is 2. The summed E-state index contributed by atoms with van der Waals surface area (Å²) >= 11 is 5.80. The lowest BCUT2D eigenvalue weighted by atomic mass is 10.1. The van der Waals surface area contributed by atoms with Crippen molar-refractivity contribution in [3.63, 3.8) is 0 Å². The van der Waals surface area contributed by atoms with Crippen molar-refractivity contribution >= 4 is 29.6 Å². The standard InChI is InChI=1S/C14H14ClFN2O5/c15-8-3-1-2-7(4-8)11(13(20)21)17-12(19)10-5-9(16)6-18(10)14(22)23/h1-4,9-11H,5-6H2,(H,17,19)(H,20,21)(H,22,23)/t9-,10+,11?/m1/s1. The molecule has 1 heterocycles. The third-order valence-corrected chi connectivity index (χ3v) is 3.75. The summed E-state index contributed by atoms with van der Waals surface area (Å²) in [5.41, 5.74) is 0.232. The summed E-state index contributed by atoms with van der Waals surface area (Å²) in [7, 11) is 0. The molecule has 2 amide bonds. The Labute approximate surface area is 135 Å². The van der Waals surface area contributed by atoms with Gasteiger partial charge in [-0.25, -0.2) is 14.0 Å². The highest BCUT2D eigenvalue weighted by molar-refractivity contribution is 6.30. The maximum atomic E-state index is 13.4. The normalized spacial score (nSPS) is 21.7. The number of hydrogen-bond donors (Lipinski definition) is 3. The number of carboxylic acid groups (broad SMARTS) is 2. The van der Waals surface area contributed by atoms with Crippen LogP contribution in [0.25, 0.3) is 0 Å². The largest absolute Gasteiger partial charge is 0.479 e. The van der Waals surface area contributed by atoms with Gasteiger partial charge in [-0.1, -0.05) is 23.7 Å². The predicted octanol–water partition coefficient (Wildman–Crippen LogP) is 1.67. The molecule has 1 aliphatic heterocycles. The molecule has 1 aliphatic rings. The number of halogens is 2. The zero-order chi connectivity index (χ0) is 17.1. The molecule has 3 N–H and O–H groups in total. The third kappa shape index (κ3) is 3.89. The van der Waals surface area contributed by atoms with Crippen LogP contribution in [0.1, 0.15) is 18.0 Å². The molecule has 0 spiro atoms. The molecule has 1 fully saturated rings. The Bertz CT molecular complexity index is 641. The second-order valence-electron chi connectivity index (χ2n) is 5.12. The van der Waals surface area contributed by atoms with Crippen LogP contribution >= 0.6 is 11.6 Å². The molecule has 0 aromatic heterocycles. The topological polar surface area (TPSA) is 107 Å². The maximum absolute atomic E-state index is 13.4. The Hall–Kier alpha value is -2.35. The predicted molar refractivity (Wildman–Crippen MR) is 78.0 cm³/mol. The van der Waals surface area contributed by atoms with E-state index in [1.165, 1.54) is 18.2 Å². The maximum Gasteiger partial charge on any atom is 0.408 e. The highest BCUT2D eigenvalue weighted by Crippen LogP contribution is 2.23. The molecule has 1 aromatic carbocycles. The van der Waals surface area contributed by atoms with Crippen molar-refractivity contribution < 1.29 is 29.0 Å². The zero-order valence-electron chi connectivity index (χ0n) is 11.8. The molecule has 2 rings (SSSR count). The van der Waals surface area contributed by atoms with Crippen LogP contribution < -0.4 is 5.32 Å². The van der Waals surface area contributed by atoms with E-state index >= 15 is 0 Å². The molecule has 1 saturated heterocycles. The highest BCUT2D eigenvalue weighted by Gasteiger charge is 2.41. The van der Waals surface area contributed by atoms with Gasteiger partial charge in [0.15, 0.2) is 6.04 Å². The first-order valence-corrected chi connectivity index (χ1v) is 7.09. The van der Waals surface area contributed by atoms with Gasteiger partial charge in [-0.15, -0.1) is 0 Å². The van der Waals surface area contributed by atoms with Crippen molar-refractivity contribution in [1.29, 1.82) is 0 Å². The van der Waals surface area contributed by atoms with E-state index in [4.69, 9.17) is 16.7 Å². The van der Waals surface area contributed by atoms with E-state index in [9.17, 15) is 23.9 Å². The van der Waals surface area contributed by atoms with Gasteiger partial charge in [-0.3, -0.25) is 9.69 Å². The van der Waals surface area contributed by atoms with E-state index in [-0.39, 0.29) is 12.0 Å². The monoisotopic (exact) mass is 344 g/mol. The molecular weight excluding hydrogens is 331 g/mol. The summed E-state index contributed by atoms with van der Waals surface area (Å²) in [5.74, 6) is -2.20. The number of hydrogen-bond acceptors (Lipinski definition) is 3. The second-order valence-corrected chi connectivity index (χ2v) is 5.55. The lowest BCUT2D eigenvalue weighted by Crippen LogP contribution is -2.47. The third-order valence-electron chi connectivity index (χ3n) is 3.51. The minimum Gasteiger partial charge on any atom is -0.479 e. The van der Waals surface area contributed by atoms with Crippen LogP contribution in [-0.2, 0) is 9.59 Å². The minimum absolute atomic E-state index is 0.232. The molecule has 1 aromatic rings. The SMILES string of the molecule is O=C(O)C(NC(=O)[C@@H]1C[C@@H](F)CN1C(=O)O)c1cccc(Cl)c1. The highest BCUT2D eigenvalue weighted by atomic mass is 35.5. The quantitative estimate of drug-likeness (QED) is 0.770. The first-order chi connectivity index (χ1) is 10.8. The first-order valence-electron chi connectivity index (χ1n) is 6.72. The van der Waals surface area contributed by atoms with Crippen LogP contribution in [0.4, 0.5) is 9.18 Å². The number of alkyl halides is 1. The van der Waals surface area contributed by atoms with Crippen molar-refractivity contribution in [2.45, 2.75) is 24.7 Å². The van der Waals surface area contributed by atoms with Crippen LogP contribution in [0.3, 0.4) is 0 Å². The number of carbonyl (C=O) groups excluding carboxylic acids is 1. The number of aliphatic carboxylic acids is 1. The Morgan fingerprint density at radius 1 is 1.35 bits per heavy atom. The Kier molecular flexibility index (Phi) is 5.05. The van der Waals surface area contributed by atoms with Crippen LogP contribution in [0.2, 0.25) is 5.02 Å². The lowest BCUT2D eigenvalue weighted by molar-refractivity contribution is -0.142. The average molecular weight is 345 g/mol. The smallest absolute Gasteiger partial charge is 0.408 e. The van der Waals surface area contributed by atoms with Gasteiger partial charge in [0.25, 0.3) is 0 Å².